The first-order chi connectivity index (χ1) is 6.00. The maximum absolute atomic E-state index is 8.40. The van der Waals surface area contributed by atoms with Crippen molar-refractivity contribution in [2.45, 2.75) is 0 Å². The largest absolute Gasteiger partial charge is 0.385 e. The van der Waals surface area contributed by atoms with Crippen molar-refractivity contribution in [1.82, 2.24) is 0 Å². The van der Waals surface area contributed by atoms with E-state index in [0.29, 0.717) is 0 Å². The zero-order valence-corrected chi connectivity index (χ0v) is 3.89. The molecule has 1 rings (SSSR count). The van der Waals surface area contributed by atoms with Crippen LogP contribution in [0.25, 0.3) is 4.98 Å². The van der Waals surface area contributed by atoms with Crippen LogP contribution in [0.2, 0.25) is 0 Å². The SMILES string of the molecule is [2H]c1c([2H])c([2H])c([N+]#N)c([2H])c1[2H]. The summed E-state index contributed by atoms with van der Waals surface area (Å²) in [6.07, 6.45) is 0. The van der Waals surface area contributed by atoms with Gasteiger partial charge in [-0.2, -0.15) is 0 Å². The Morgan fingerprint density at radius 1 is 1.38 bits per heavy atom. The van der Waals surface area contributed by atoms with Gasteiger partial charge >= 0.3 is 5.69 Å². The van der Waals surface area contributed by atoms with Gasteiger partial charge in [0.05, 0.1) is 6.85 Å². The molecule has 38 valence electrons. The molecule has 0 heterocycles. The van der Waals surface area contributed by atoms with Gasteiger partial charge in [-0.25, -0.2) is 0 Å². The van der Waals surface area contributed by atoms with Crippen LogP contribution in [0.3, 0.4) is 0 Å². The number of benzene rings is 1. The van der Waals surface area contributed by atoms with Gasteiger partial charge in [0.15, 0.2) is 4.98 Å². The van der Waals surface area contributed by atoms with Crippen LogP contribution >= 0.6 is 0 Å². The molecular formula is C6H5N2+. The fourth-order valence-electron chi connectivity index (χ4n) is 0.293. The van der Waals surface area contributed by atoms with Crippen LogP contribution in [-0.2, 0) is 0 Å². The molecule has 0 atom stereocenters. The molecule has 0 unspecified atom stereocenters. The second kappa shape index (κ2) is 2.08. The Labute approximate surface area is 54.4 Å². The second-order valence-electron chi connectivity index (χ2n) is 1.07. The lowest BCUT2D eigenvalue weighted by atomic mass is 10.3. The first-order valence-electron chi connectivity index (χ1n) is 4.42. The van der Waals surface area contributed by atoms with Gasteiger partial charge in [0.25, 0.3) is 0 Å². The van der Waals surface area contributed by atoms with Crippen molar-refractivity contribution >= 4 is 5.69 Å². The van der Waals surface area contributed by atoms with Crippen LogP contribution in [0.5, 0.6) is 0 Å². The van der Waals surface area contributed by atoms with Crippen molar-refractivity contribution in [3.63, 3.8) is 0 Å². The van der Waals surface area contributed by atoms with Crippen molar-refractivity contribution in [1.29, 1.82) is 5.39 Å². The quantitative estimate of drug-likeness (QED) is 0.470. The lowest BCUT2D eigenvalue weighted by Gasteiger charge is -1.69. The molecule has 0 aromatic heterocycles. The molecule has 0 N–H and O–H groups in total. The summed E-state index contributed by atoms with van der Waals surface area (Å²) < 4.78 is 35.9. The average molecular weight is 110 g/mol. The maximum Gasteiger partial charge on any atom is 0.385 e. The molecule has 1 aromatic rings. The van der Waals surface area contributed by atoms with Gasteiger partial charge in [-0.3, -0.25) is 0 Å². The van der Waals surface area contributed by atoms with Crippen molar-refractivity contribution in [2.75, 3.05) is 0 Å². The van der Waals surface area contributed by atoms with E-state index in [2.05, 4.69) is 4.98 Å². The monoisotopic (exact) mass is 110 g/mol. The van der Waals surface area contributed by atoms with E-state index in [0.717, 1.165) is 0 Å². The van der Waals surface area contributed by atoms with E-state index in [1.54, 1.807) is 0 Å². The molecule has 2 heteroatoms. The smallest absolute Gasteiger partial charge is 0.0617 e. The van der Waals surface area contributed by atoms with E-state index in [4.69, 9.17) is 12.2 Å². The first kappa shape index (κ1) is 1.56. The highest BCUT2D eigenvalue weighted by Crippen LogP contribution is 2.07. The van der Waals surface area contributed by atoms with Gasteiger partial charge in [-0.1, -0.05) is 18.1 Å². The summed E-state index contributed by atoms with van der Waals surface area (Å²) in [6.45, 7) is 0. The third kappa shape index (κ3) is 0.824. The zero-order chi connectivity index (χ0) is 10.2. The maximum atomic E-state index is 8.40. The second-order valence-corrected chi connectivity index (χ2v) is 1.07. The topological polar surface area (TPSA) is 28.1 Å². The molecule has 0 bridgehead atoms. The molecule has 2 nitrogen and oxygen atoms in total. The highest BCUT2D eigenvalue weighted by molar-refractivity contribution is 5.42. The molecule has 1 aromatic carbocycles. The van der Waals surface area contributed by atoms with E-state index in [1.807, 2.05) is 0 Å². The van der Waals surface area contributed by atoms with Crippen molar-refractivity contribution in [2.24, 2.45) is 0 Å². The summed E-state index contributed by atoms with van der Waals surface area (Å²) in [6, 6.07) is -2.52. The number of hydrogen-bond donors (Lipinski definition) is 0. The molecule has 0 amide bonds. The summed E-state index contributed by atoms with van der Waals surface area (Å²) in [7, 11) is 0. The highest BCUT2D eigenvalue weighted by Gasteiger charge is 1.95. The fourth-order valence-corrected chi connectivity index (χ4v) is 0.293. The van der Waals surface area contributed by atoms with E-state index in [-0.39, 0.29) is 0 Å². The van der Waals surface area contributed by atoms with Gasteiger partial charge in [0.1, 0.15) is 0 Å². The molecule has 0 fully saturated rings. The zero-order valence-electron chi connectivity index (χ0n) is 8.89. The van der Waals surface area contributed by atoms with Crippen LogP contribution in [0, 0.1) is 5.39 Å². The van der Waals surface area contributed by atoms with Crippen LogP contribution in [0.1, 0.15) is 6.85 Å². The fraction of sp³-hybridized carbons (Fsp3) is 0. The highest BCUT2D eigenvalue weighted by atomic mass is 14.8. The van der Waals surface area contributed by atoms with E-state index >= 15 is 0 Å². The summed E-state index contributed by atoms with van der Waals surface area (Å²) >= 11 is 0. The molecule has 0 spiro atoms. The summed E-state index contributed by atoms with van der Waals surface area (Å²) in [5, 5.41) is 8.40. The predicted octanol–water partition coefficient (Wildman–Crippen LogP) is 2.17. The lowest BCUT2D eigenvalue weighted by molar-refractivity contribution is 1.46. The third-order valence-corrected chi connectivity index (χ3v) is 0.587. The number of rotatable bonds is 0. The average Bonchev–Trinajstić information content (AvgIpc) is 2.13. The summed E-state index contributed by atoms with van der Waals surface area (Å²) in [5.41, 5.74) is -0.439. The predicted molar refractivity (Wildman–Crippen MR) is 31.2 cm³/mol. The Hall–Kier alpha value is -1.36. The van der Waals surface area contributed by atoms with Crippen molar-refractivity contribution in [3.05, 3.63) is 35.2 Å². The lowest BCUT2D eigenvalue weighted by Crippen LogP contribution is -1.54. The van der Waals surface area contributed by atoms with Crippen molar-refractivity contribution in [3.8, 4) is 0 Å². The van der Waals surface area contributed by atoms with Gasteiger partial charge in [0, 0.05) is 12.1 Å². The Morgan fingerprint density at radius 2 is 2.00 bits per heavy atom. The Balaban J connectivity index is 3.69. The van der Waals surface area contributed by atoms with Crippen LogP contribution in [0.4, 0.5) is 5.69 Å². The normalized spacial score (nSPS) is 16.6. The molecule has 0 aliphatic heterocycles. The first-order valence-corrected chi connectivity index (χ1v) is 1.92. The summed E-state index contributed by atoms with van der Waals surface area (Å²) in [4.78, 5) is 2.63. The van der Waals surface area contributed by atoms with Crippen molar-refractivity contribution < 1.29 is 6.85 Å². The number of diazo groups is 1. The molecule has 0 saturated carbocycles. The van der Waals surface area contributed by atoms with Crippen LogP contribution in [0.15, 0.2) is 30.2 Å². The Kier molecular flexibility index (Phi) is 0.405. The molecular weight excluding hydrogens is 100 g/mol. The standard InChI is InChI=1S/C6H5N2/c7-8-6-4-2-1-3-5-6/h1-5H/q+1/i1D,2D,3D,4D,5D. The van der Waals surface area contributed by atoms with Crippen LogP contribution < -0.4 is 0 Å². The number of hydrogen-bond acceptors (Lipinski definition) is 1. The molecule has 0 aliphatic rings. The van der Waals surface area contributed by atoms with Gasteiger partial charge in [-0.15, -0.1) is 0 Å². The molecule has 0 saturated heterocycles. The Bertz CT molecular complexity index is 379. The molecule has 0 radical (unpaired) electrons. The van der Waals surface area contributed by atoms with Gasteiger partial charge in [0.2, 0.25) is 5.39 Å². The Morgan fingerprint density at radius 3 is 2.50 bits per heavy atom. The minimum absolute atomic E-state index is 0.439. The van der Waals surface area contributed by atoms with E-state index in [1.165, 1.54) is 0 Å². The molecule has 8 heavy (non-hydrogen) atoms. The van der Waals surface area contributed by atoms with E-state index in [9.17, 15) is 0 Å². The summed E-state index contributed by atoms with van der Waals surface area (Å²) in [5.74, 6) is 0. The van der Waals surface area contributed by atoms with Gasteiger partial charge < -0.3 is 0 Å². The van der Waals surface area contributed by atoms with Gasteiger partial charge in [-0.05, 0) is 0 Å². The van der Waals surface area contributed by atoms with E-state index < -0.39 is 35.9 Å². The minimum atomic E-state index is -0.506. The number of nitrogens with zero attached hydrogens (tertiary/aromatic N) is 2. The third-order valence-electron chi connectivity index (χ3n) is 0.587. The molecule has 0 aliphatic carbocycles. The van der Waals surface area contributed by atoms with Crippen LogP contribution in [-0.4, -0.2) is 0 Å². The minimum Gasteiger partial charge on any atom is -0.0617 e.